The van der Waals surface area contributed by atoms with Crippen LogP contribution in [0.25, 0.3) is 33.3 Å². The molecule has 0 radical (unpaired) electrons. The molecule has 1 heteroatoms. The summed E-state index contributed by atoms with van der Waals surface area (Å²) in [6, 6.07) is 24.5. The molecule has 0 saturated heterocycles. The molecular weight excluding hydrogens is 350 g/mol. The molecule has 0 atom stereocenters. The first-order valence-corrected chi connectivity index (χ1v) is 10.5. The molecule has 1 aromatic heterocycles. The summed E-state index contributed by atoms with van der Waals surface area (Å²) in [5.41, 5.74) is 11.0. The molecule has 1 nitrogen and oxygen atoms in total. The van der Waals surface area contributed by atoms with E-state index in [2.05, 4.69) is 101 Å². The lowest BCUT2D eigenvalue weighted by Gasteiger charge is -2.13. The van der Waals surface area contributed by atoms with Crippen molar-refractivity contribution in [2.75, 3.05) is 0 Å². The van der Waals surface area contributed by atoms with E-state index in [0.29, 0.717) is 5.92 Å². The highest BCUT2D eigenvalue weighted by Gasteiger charge is 2.11. The Morgan fingerprint density at radius 1 is 0.690 bits per heavy atom. The van der Waals surface area contributed by atoms with Gasteiger partial charge in [-0.15, -0.1) is 0 Å². The Morgan fingerprint density at radius 2 is 1.38 bits per heavy atom. The van der Waals surface area contributed by atoms with Crippen LogP contribution in [0.5, 0.6) is 0 Å². The first-order chi connectivity index (χ1) is 13.9. The van der Waals surface area contributed by atoms with Crippen molar-refractivity contribution in [2.24, 2.45) is 5.92 Å². The summed E-state index contributed by atoms with van der Waals surface area (Å²) < 4.78 is 0. The van der Waals surface area contributed by atoms with E-state index in [4.69, 9.17) is 4.98 Å². The zero-order valence-corrected chi connectivity index (χ0v) is 18.1. The van der Waals surface area contributed by atoms with E-state index in [-0.39, 0.29) is 0 Å². The summed E-state index contributed by atoms with van der Waals surface area (Å²) in [5.74, 6) is 0.668. The van der Waals surface area contributed by atoms with Crippen molar-refractivity contribution in [1.29, 1.82) is 0 Å². The second kappa shape index (κ2) is 7.83. The molecule has 0 aliphatic rings. The van der Waals surface area contributed by atoms with Crippen LogP contribution in [0.3, 0.4) is 0 Å². The number of hydrogen-bond donors (Lipinski definition) is 0. The van der Waals surface area contributed by atoms with E-state index >= 15 is 0 Å². The van der Waals surface area contributed by atoms with Gasteiger partial charge in [0.05, 0.1) is 11.2 Å². The zero-order chi connectivity index (χ0) is 20.5. The quantitative estimate of drug-likeness (QED) is 0.354. The monoisotopic (exact) mass is 379 g/mol. The smallest absolute Gasteiger partial charge is 0.0716 e. The van der Waals surface area contributed by atoms with Gasteiger partial charge >= 0.3 is 0 Å². The number of nitrogens with zero attached hydrogens (tertiary/aromatic N) is 1. The number of aryl methyl sites for hydroxylation is 3. The lowest BCUT2D eigenvalue weighted by molar-refractivity contribution is 0.647. The normalized spacial score (nSPS) is 11.4. The summed E-state index contributed by atoms with van der Waals surface area (Å²) in [6.07, 6.45) is 1.12. The second-order valence-corrected chi connectivity index (χ2v) is 8.75. The van der Waals surface area contributed by atoms with E-state index < -0.39 is 0 Å². The zero-order valence-electron chi connectivity index (χ0n) is 18.1. The fourth-order valence-electron chi connectivity index (χ4n) is 4.14. The van der Waals surface area contributed by atoms with Crippen LogP contribution in [0.4, 0.5) is 0 Å². The Bertz CT molecular complexity index is 1150. The SMILES string of the molecule is Cc1cc(C)cc(-c2cc(-c3ccc(CC(C)C)cc3)c3cc(C)ccc3n2)c1. The summed E-state index contributed by atoms with van der Waals surface area (Å²) >= 11 is 0. The maximum atomic E-state index is 5.01. The van der Waals surface area contributed by atoms with Crippen LogP contribution >= 0.6 is 0 Å². The van der Waals surface area contributed by atoms with Crippen molar-refractivity contribution in [3.8, 4) is 22.4 Å². The summed E-state index contributed by atoms with van der Waals surface area (Å²) in [5, 5.41) is 1.22. The molecule has 0 fully saturated rings. The third kappa shape index (κ3) is 4.24. The van der Waals surface area contributed by atoms with E-state index in [9.17, 15) is 0 Å². The average molecular weight is 380 g/mol. The molecule has 0 N–H and O–H groups in total. The van der Waals surface area contributed by atoms with Crippen LogP contribution < -0.4 is 0 Å². The highest BCUT2D eigenvalue weighted by atomic mass is 14.7. The number of rotatable bonds is 4. The van der Waals surface area contributed by atoms with Crippen LogP contribution in [-0.4, -0.2) is 4.98 Å². The largest absolute Gasteiger partial charge is 0.248 e. The first-order valence-electron chi connectivity index (χ1n) is 10.5. The minimum absolute atomic E-state index is 0.668. The molecule has 0 aliphatic heterocycles. The predicted molar refractivity (Wildman–Crippen MR) is 125 cm³/mol. The van der Waals surface area contributed by atoms with Crippen molar-refractivity contribution in [2.45, 2.75) is 41.0 Å². The van der Waals surface area contributed by atoms with Crippen molar-refractivity contribution < 1.29 is 0 Å². The topological polar surface area (TPSA) is 12.9 Å². The molecule has 4 rings (SSSR count). The van der Waals surface area contributed by atoms with Gasteiger partial charge in [-0.25, -0.2) is 4.98 Å². The number of fused-ring (bicyclic) bond motifs is 1. The maximum absolute atomic E-state index is 5.01. The molecule has 3 aromatic carbocycles. The van der Waals surface area contributed by atoms with Crippen molar-refractivity contribution in [1.82, 2.24) is 4.98 Å². The van der Waals surface area contributed by atoms with Crippen LogP contribution in [0.15, 0.2) is 66.7 Å². The first kappa shape index (κ1) is 19.4. The lowest BCUT2D eigenvalue weighted by atomic mass is 9.94. The molecular formula is C28H29N. The van der Waals surface area contributed by atoms with Gasteiger partial charge in [0, 0.05) is 10.9 Å². The van der Waals surface area contributed by atoms with Crippen molar-refractivity contribution in [3.05, 3.63) is 89.0 Å². The van der Waals surface area contributed by atoms with E-state index in [0.717, 1.165) is 17.6 Å². The summed E-state index contributed by atoms with van der Waals surface area (Å²) in [7, 11) is 0. The van der Waals surface area contributed by atoms with Gasteiger partial charge in [-0.05, 0) is 80.1 Å². The number of pyridine rings is 1. The fraction of sp³-hybridized carbons (Fsp3) is 0.250. The molecule has 0 amide bonds. The molecule has 0 spiro atoms. The highest BCUT2D eigenvalue weighted by molar-refractivity contribution is 5.97. The predicted octanol–water partition coefficient (Wildman–Crippen LogP) is 7.69. The maximum Gasteiger partial charge on any atom is 0.0716 e. The Morgan fingerprint density at radius 3 is 2.03 bits per heavy atom. The Balaban J connectivity index is 1.90. The molecule has 4 aromatic rings. The van der Waals surface area contributed by atoms with Gasteiger partial charge < -0.3 is 0 Å². The molecule has 0 unspecified atom stereocenters. The van der Waals surface area contributed by atoms with Gasteiger partial charge in [-0.2, -0.15) is 0 Å². The fourth-order valence-corrected chi connectivity index (χ4v) is 4.14. The van der Waals surface area contributed by atoms with Crippen molar-refractivity contribution >= 4 is 10.9 Å². The Labute approximate surface area is 174 Å². The van der Waals surface area contributed by atoms with E-state index in [1.807, 2.05) is 0 Å². The van der Waals surface area contributed by atoms with Gasteiger partial charge in [0.25, 0.3) is 0 Å². The van der Waals surface area contributed by atoms with Crippen LogP contribution in [-0.2, 0) is 6.42 Å². The van der Waals surface area contributed by atoms with Crippen LogP contribution in [0, 0.1) is 26.7 Å². The Kier molecular flexibility index (Phi) is 5.24. The van der Waals surface area contributed by atoms with Gasteiger partial charge in [-0.1, -0.05) is 66.9 Å². The average Bonchev–Trinajstić information content (AvgIpc) is 2.66. The van der Waals surface area contributed by atoms with Gasteiger partial charge in [0.1, 0.15) is 0 Å². The van der Waals surface area contributed by atoms with Crippen LogP contribution in [0.1, 0.15) is 36.1 Å². The summed E-state index contributed by atoms with van der Waals surface area (Å²) in [6.45, 7) is 11.0. The standard InChI is InChI=1S/C28H29N/c1-18(2)12-22-7-9-23(10-8-22)25-17-28(24-14-20(4)13-21(5)15-24)29-27-11-6-19(3)16-26(25)27/h6-11,13-18H,12H2,1-5H3. The number of hydrogen-bond acceptors (Lipinski definition) is 1. The molecule has 0 bridgehead atoms. The third-order valence-electron chi connectivity index (χ3n) is 5.39. The molecule has 0 aliphatic carbocycles. The van der Waals surface area contributed by atoms with Gasteiger partial charge in [0.15, 0.2) is 0 Å². The minimum atomic E-state index is 0.668. The second-order valence-electron chi connectivity index (χ2n) is 8.75. The minimum Gasteiger partial charge on any atom is -0.248 e. The lowest BCUT2D eigenvalue weighted by Crippen LogP contribution is -1.94. The molecule has 1 heterocycles. The van der Waals surface area contributed by atoms with E-state index in [1.165, 1.54) is 44.3 Å². The Hall–Kier alpha value is -2.93. The van der Waals surface area contributed by atoms with Crippen LogP contribution in [0.2, 0.25) is 0 Å². The molecule has 29 heavy (non-hydrogen) atoms. The van der Waals surface area contributed by atoms with Gasteiger partial charge in [-0.3, -0.25) is 0 Å². The van der Waals surface area contributed by atoms with Crippen molar-refractivity contribution in [3.63, 3.8) is 0 Å². The molecule has 0 saturated carbocycles. The third-order valence-corrected chi connectivity index (χ3v) is 5.39. The summed E-state index contributed by atoms with van der Waals surface area (Å²) in [4.78, 5) is 5.01. The number of aromatic nitrogens is 1. The number of benzene rings is 3. The van der Waals surface area contributed by atoms with E-state index in [1.54, 1.807) is 0 Å². The highest BCUT2D eigenvalue weighted by Crippen LogP contribution is 2.33. The van der Waals surface area contributed by atoms with Gasteiger partial charge in [0.2, 0.25) is 0 Å². The molecule has 146 valence electrons.